The van der Waals surface area contributed by atoms with Gasteiger partial charge in [-0.1, -0.05) is 29.8 Å². The second kappa shape index (κ2) is 14.1. The summed E-state index contributed by atoms with van der Waals surface area (Å²) in [5, 5.41) is 0.270. The van der Waals surface area contributed by atoms with E-state index >= 15 is 0 Å². The Morgan fingerprint density at radius 3 is 2.37 bits per heavy atom. The molecule has 240 valence electrons. The van der Waals surface area contributed by atoms with E-state index in [1.165, 1.54) is 25.6 Å². The molecule has 6 rings (SSSR count). The lowest BCUT2D eigenvalue weighted by Gasteiger charge is -2.26. The van der Waals surface area contributed by atoms with Crippen molar-refractivity contribution >= 4 is 34.2 Å². The van der Waals surface area contributed by atoms with Crippen molar-refractivity contribution in [2.75, 3.05) is 46.6 Å². The van der Waals surface area contributed by atoms with Gasteiger partial charge in [-0.15, -0.1) is 0 Å². The highest BCUT2D eigenvalue weighted by Gasteiger charge is 2.54. The van der Waals surface area contributed by atoms with E-state index in [1.807, 2.05) is 0 Å². The lowest BCUT2D eigenvalue weighted by atomic mass is 9.88. The first-order valence-corrected chi connectivity index (χ1v) is 15.6. The molecule has 12 heteroatoms. The molecule has 0 radical (unpaired) electrons. The molecule has 46 heavy (non-hydrogen) atoms. The molecule has 2 aliphatic rings. The molecule has 3 heterocycles. The summed E-state index contributed by atoms with van der Waals surface area (Å²) in [6, 6.07) is 12.5. The molecule has 1 saturated carbocycles. The molecule has 1 aliphatic heterocycles. The van der Waals surface area contributed by atoms with Gasteiger partial charge in [0, 0.05) is 38.5 Å². The number of halogens is 2. The lowest BCUT2D eigenvalue weighted by molar-refractivity contribution is -0.133. The molecule has 1 aliphatic carbocycles. The Morgan fingerprint density at radius 1 is 0.957 bits per heavy atom. The SMILES string of the molecule is COc1nc2c(Oc3ccc(CC(=O)C4(C(=O)Cc5ccc(F)cc5)CC4)cc3Cl)ncnc2cc1OCCCN1CCOCC1. The Labute approximate surface area is 270 Å². The maximum Gasteiger partial charge on any atom is 0.257 e. The third-order valence-electron chi connectivity index (χ3n) is 8.35. The van der Waals surface area contributed by atoms with Crippen LogP contribution in [-0.2, 0) is 27.2 Å². The summed E-state index contributed by atoms with van der Waals surface area (Å²) in [6.07, 6.45) is 3.38. The van der Waals surface area contributed by atoms with Crippen LogP contribution < -0.4 is 14.2 Å². The number of fused-ring (bicyclic) bond motifs is 1. The summed E-state index contributed by atoms with van der Waals surface area (Å²) in [6.45, 7) is 4.76. The Balaban J connectivity index is 1.10. The van der Waals surface area contributed by atoms with Crippen LogP contribution >= 0.6 is 11.6 Å². The largest absolute Gasteiger partial charge is 0.488 e. The molecule has 2 aromatic carbocycles. The number of pyridine rings is 1. The van der Waals surface area contributed by atoms with Gasteiger partial charge in [-0.2, -0.15) is 4.98 Å². The summed E-state index contributed by atoms with van der Waals surface area (Å²) in [5.41, 5.74) is 1.22. The first kappa shape index (κ1) is 31.8. The fraction of sp³-hybridized carbons (Fsp3) is 0.382. The molecule has 2 aromatic heterocycles. The molecule has 10 nitrogen and oxygen atoms in total. The van der Waals surface area contributed by atoms with E-state index in [9.17, 15) is 14.0 Å². The number of ether oxygens (including phenoxy) is 4. The Morgan fingerprint density at radius 2 is 1.67 bits per heavy atom. The minimum Gasteiger partial charge on any atom is -0.488 e. The minimum atomic E-state index is -0.994. The number of methoxy groups -OCH3 is 1. The van der Waals surface area contributed by atoms with Crippen molar-refractivity contribution in [3.05, 3.63) is 76.8 Å². The third kappa shape index (κ3) is 7.27. The number of carbonyl (C=O) groups is 2. The average molecular weight is 649 g/mol. The topological polar surface area (TPSA) is 113 Å². The highest BCUT2D eigenvalue weighted by Crippen LogP contribution is 2.49. The summed E-state index contributed by atoms with van der Waals surface area (Å²) < 4.78 is 36.2. The number of Topliss-reactive ketones (excluding diaryl/α,β-unsaturated/α-hetero) is 2. The standard InChI is InChI=1S/C34H34ClFN4O6/c1-43-32-28(45-14-2-11-40-12-15-44-16-13-40)20-26-31(39-32)33(38-21-37-26)46-27-8-5-23(17-25(27)35)19-30(42)34(9-10-34)29(41)18-22-3-6-24(36)7-4-22/h3-8,17,20-21H,2,9-16,18-19H2,1H3. The number of ketones is 2. The van der Waals surface area contributed by atoms with Crippen LogP contribution in [0.4, 0.5) is 4.39 Å². The normalized spacial score (nSPS) is 15.8. The fourth-order valence-corrected chi connectivity index (χ4v) is 5.78. The number of morpholine rings is 1. The van der Waals surface area contributed by atoms with Crippen LogP contribution in [-0.4, -0.2) is 78.0 Å². The molecular formula is C34H34ClFN4O6. The zero-order chi connectivity index (χ0) is 32.1. The van der Waals surface area contributed by atoms with E-state index < -0.39 is 5.41 Å². The Bertz CT molecular complexity index is 1730. The quantitative estimate of drug-likeness (QED) is 0.130. The Kier molecular flexibility index (Phi) is 9.72. The molecule has 4 aromatic rings. The van der Waals surface area contributed by atoms with Crippen LogP contribution in [0.3, 0.4) is 0 Å². The van der Waals surface area contributed by atoms with Crippen molar-refractivity contribution < 1.29 is 32.9 Å². The maximum atomic E-state index is 13.3. The van der Waals surface area contributed by atoms with Gasteiger partial charge in [0.25, 0.3) is 5.88 Å². The van der Waals surface area contributed by atoms with Crippen molar-refractivity contribution in [1.82, 2.24) is 19.9 Å². The van der Waals surface area contributed by atoms with Crippen molar-refractivity contribution in [2.45, 2.75) is 32.1 Å². The first-order valence-electron chi connectivity index (χ1n) is 15.2. The average Bonchev–Trinajstić information content (AvgIpc) is 3.88. The number of benzene rings is 2. The zero-order valence-corrected chi connectivity index (χ0v) is 26.2. The third-order valence-corrected chi connectivity index (χ3v) is 8.64. The van der Waals surface area contributed by atoms with E-state index in [2.05, 4.69) is 19.9 Å². The van der Waals surface area contributed by atoms with E-state index in [0.717, 1.165) is 39.3 Å². The van der Waals surface area contributed by atoms with Gasteiger partial charge >= 0.3 is 0 Å². The number of aromatic nitrogens is 3. The van der Waals surface area contributed by atoms with E-state index in [0.29, 0.717) is 53.1 Å². The van der Waals surface area contributed by atoms with Crippen molar-refractivity contribution in [3.63, 3.8) is 0 Å². The van der Waals surface area contributed by atoms with Crippen molar-refractivity contribution in [1.29, 1.82) is 0 Å². The van der Waals surface area contributed by atoms with Gasteiger partial charge in [0.1, 0.15) is 23.4 Å². The predicted octanol–water partition coefficient (Wildman–Crippen LogP) is 5.42. The van der Waals surface area contributed by atoms with Crippen LogP contribution in [0.2, 0.25) is 5.02 Å². The summed E-state index contributed by atoms with van der Waals surface area (Å²) in [7, 11) is 1.51. The molecule has 0 spiro atoms. The molecular weight excluding hydrogens is 615 g/mol. The first-order chi connectivity index (χ1) is 22.3. The zero-order valence-electron chi connectivity index (χ0n) is 25.5. The van der Waals surface area contributed by atoms with Gasteiger partial charge in [0.2, 0.25) is 5.88 Å². The van der Waals surface area contributed by atoms with Gasteiger partial charge in [-0.05, 0) is 54.7 Å². The van der Waals surface area contributed by atoms with E-state index in [4.69, 9.17) is 30.5 Å². The van der Waals surface area contributed by atoms with Crippen LogP contribution in [0.1, 0.15) is 30.4 Å². The number of rotatable bonds is 14. The van der Waals surface area contributed by atoms with Crippen LogP contribution in [0, 0.1) is 11.2 Å². The molecule has 0 unspecified atom stereocenters. The second-order valence-corrected chi connectivity index (χ2v) is 11.9. The number of hydrogen-bond acceptors (Lipinski definition) is 10. The molecule has 0 N–H and O–H groups in total. The van der Waals surface area contributed by atoms with Gasteiger partial charge in [-0.3, -0.25) is 14.5 Å². The molecule has 0 bridgehead atoms. The summed E-state index contributed by atoms with van der Waals surface area (Å²) in [5.74, 6) is 0.579. The van der Waals surface area contributed by atoms with Crippen LogP contribution in [0.25, 0.3) is 11.0 Å². The van der Waals surface area contributed by atoms with Crippen LogP contribution in [0.5, 0.6) is 23.3 Å². The monoisotopic (exact) mass is 648 g/mol. The van der Waals surface area contributed by atoms with E-state index in [-0.39, 0.29) is 47.0 Å². The van der Waals surface area contributed by atoms with Crippen molar-refractivity contribution in [3.8, 4) is 23.3 Å². The molecule has 1 saturated heterocycles. The number of nitrogens with zero attached hydrogens (tertiary/aromatic N) is 4. The summed E-state index contributed by atoms with van der Waals surface area (Å²) >= 11 is 6.58. The predicted molar refractivity (Wildman–Crippen MR) is 168 cm³/mol. The molecule has 0 amide bonds. The fourth-order valence-electron chi connectivity index (χ4n) is 5.54. The number of hydrogen-bond donors (Lipinski definition) is 0. The smallest absolute Gasteiger partial charge is 0.257 e. The molecule has 2 fully saturated rings. The second-order valence-electron chi connectivity index (χ2n) is 11.5. The van der Waals surface area contributed by atoms with Crippen molar-refractivity contribution in [2.24, 2.45) is 5.41 Å². The molecule has 0 atom stereocenters. The highest BCUT2D eigenvalue weighted by molar-refractivity contribution is 6.32. The van der Waals surface area contributed by atoms with Gasteiger partial charge in [-0.25, -0.2) is 14.4 Å². The van der Waals surface area contributed by atoms with Gasteiger partial charge < -0.3 is 18.9 Å². The summed E-state index contributed by atoms with van der Waals surface area (Å²) in [4.78, 5) is 41.8. The van der Waals surface area contributed by atoms with Gasteiger partial charge in [0.15, 0.2) is 22.8 Å². The lowest BCUT2D eigenvalue weighted by Crippen LogP contribution is -2.37. The van der Waals surface area contributed by atoms with Gasteiger partial charge in [0.05, 0.1) is 37.4 Å². The highest BCUT2D eigenvalue weighted by atomic mass is 35.5. The number of carbonyl (C=O) groups excluding carboxylic acids is 2. The Hall–Kier alpha value is -4.19. The minimum absolute atomic E-state index is 0.0551. The maximum absolute atomic E-state index is 13.3. The van der Waals surface area contributed by atoms with Crippen LogP contribution in [0.15, 0.2) is 54.9 Å². The van der Waals surface area contributed by atoms with E-state index in [1.54, 1.807) is 36.4 Å².